The van der Waals surface area contributed by atoms with Crippen LogP contribution in [0.4, 0.5) is 16.3 Å². The largest absolute Gasteiger partial charge is 0.497 e. The number of aromatic nitrogens is 3. The number of anilines is 2. The number of carbonyl (C=O) groups is 2. The van der Waals surface area contributed by atoms with E-state index in [1.807, 2.05) is 41.1 Å². The van der Waals surface area contributed by atoms with Crippen LogP contribution in [0.15, 0.2) is 61.1 Å². The molecule has 5 rings (SSSR count). The van der Waals surface area contributed by atoms with E-state index in [2.05, 4.69) is 15.4 Å². The van der Waals surface area contributed by atoms with Gasteiger partial charge < -0.3 is 15.0 Å². The maximum atomic E-state index is 13.2. The van der Waals surface area contributed by atoms with Crippen molar-refractivity contribution >= 4 is 23.4 Å². The molecule has 2 aromatic heterocycles. The summed E-state index contributed by atoms with van der Waals surface area (Å²) in [7, 11) is 1.60. The fourth-order valence-electron chi connectivity index (χ4n) is 4.70. The van der Waals surface area contributed by atoms with Crippen molar-refractivity contribution in [3.05, 3.63) is 66.6 Å². The number of piperidine rings is 1. The first-order valence-electron chi connectivity index (χ1n) is 11.0. The molecule has 2 aliphatic rings. The van der Waals surface area contributed by atoms with Crippen molar-refractivity contribution in [2.24, 2.45) is 0 Å². The van der Waals surface area contributed by atoms with Gasteiger partial charge in [-0.3, -0.25) is 14.7 Å². The van der Waals surface area contributed by atoms with Crippen LogP contribution in [0.2, 0.25) is 0 Å². The van der Waals surface area contributed by atoms with Crippen molar-refractivity contribution in [3.63, 3.8) is 0 Å². The molecule has 0 bridgehead atoms. The molecule has 170 valence electrons. The van der Waals surface area contributed by atoms with E-state index in [0.29, 0.717) is 50.3 Å². The summed E-state index contributed by atoms with van der Waals surface area (Å²) >= 11 is 0. The number of urea groups is 1. The Hall–Kier alpha value is -3.88. The Kier molecular flexibility index (Phi) is 5.45. The van der Waals surface area contributed by atoms with Crippen LogP contribution in [0.25, 0.3) is 0 Å². The third-order valence-corrected chi connectivity index (χ3v) is 6.52. The first kappa shape index (κ1) is 21.0. The molecule has 0 saturated carbocycles. The van der Waals surface area contributed by atoms with Crippen molar-refractivity contribution in [2.45, 2.75) is 31.3 Å². The molecule has 0 aliphatic carbocycles. The van der Waals surface area contributed by atoms with Gasteiger partial charge in [0.1, 0.15) is 11.6 Å². The maximum absolute atomic E-state index is 13.2. The highest BCUT2D eigenvalue weighted by Crippen LogP contribution is 2.41. The second kappa shape index (κ2) is 8.57. The van der Waals surface area contributed by atoms with Crippen LogP contribution in [0.1, 0.15) is 24.8 Å². The van der Waals surface area contributed by atoms with Gasteiger partial charge in [-0.2, -0.15) is 5.10 Å². The molecule has 1 saturated heterocycles. The molecule has 9 heteroatoms. The minimum atomic E-state index is -0.405. The Morgan fingerprint density at radius 1 is 1.12 bits per heavy atom. The second-order valence-corrected chi connectivity index (χ2v) is 8.49. The van der Waals surface area contributed by atoms with Gasteiger partial charge >= 0.3 is 6.03 Å². The van der Waals surface area contributed by atoms with Gasteiger partial charge in [-0.05, 0) is 42.7 Å². The molecule has 33 heavy (non-hydrogen) atoms. The minimum absolute atomic E-state index is 0.0779. The van der Waals surface area contributed by atoms with Gasteiger partial charge in [-0.15, -0.1) is 0 Å². The number of hydrogen-bond acceptors (Lipinski definition) is 5. The smallest absolute Gasteiger partial charge is 0.321 e. The summed E-state index contributed by atoms with van der Waals surface area (Å²) < 4.78 is 7.22. The number of amides is 3. The average molecular weight is 447 g/mol. The van der Waals surface area contributed by atoms with E-state index in [1.165, 1.54) is 0 Å². The highest BCUT2D eigenvalue weighted by molar-refractivity contribution is 5.95. The molecule has 0 radical (unpaired) electrons. The van der Waals surface area contributed by atoms with Crippen LogP contribution < -0.4 is 15.0 Å². The number of rotatable bonds is 4. The first-order valence-corrected chi connectivity index (χ1v) is 11.0. The van der Waals surface area contributed by atoms with E-state index >= 15 is 0 Å². The zero-order valence-electron chi connectivity index (χ0n) is 18.5. The molecule has 1 aromatic carbocycles. The van der Waals surface area contributed by atoms with Crippen molar-refractivity contribution in [3.8, 4) is 5.75 Å². The molecule has 9 nitrogen and oxygen atoms in total. The minimum Gasteiger partial charge on any atom is -0.497 e. The van der Waals surface area contributed by atoms with Crippen LogP contribution in [0.5, 0.6) is 5.75 Å². The number of benzene rings is 1. The van der Waals surface area contributed by atoms with E-state index in [4.69, 9.17) is 4.74 Å². The lowest BCUT2D eigenvalue weighted by molar-refractivity contribution is -0.123. The third kappa shape index (κ3) is 4.02. The molecule has 1 fully saturated rings. The summed E-state index contributed by atoms with van der Waals surface area (Å²) in [5, 5.41) is 7.53. The molecule has 0 unspecified atom stereocenters. The number of hydrogen-bond donors (Lipinski definition) is 1. The Labute approximate surface area is 192 Å². The van der Waals surface area contributed by atoms with Crippen LogP contribution in [-0.2, 0) is 16.9 Å². The van der Waals surface area contributed by atoms with E-state index in [9.17, 15) is 9.59 Å². The van der Waals surface area contributed by atoms with Gasteiger partial charge in [0.05, 0.1) is 31.8 Å². The summed E-state index contributed by atoms with van der Waals surface area (Å²) in [4.78, 5) is 33.7. The number of carbonyl (C=O) groups excluding carboxylic acids is 2. The lowest BCUT2D eigenvalue weighted by atomic mass is 9.82. The fraction of sp³-hybridized carbons (Fsp3) is 0.333. The monoisotopic (exact) mass is 446 g/mol. The van der Waals surface area contributed by atoms with Crippen molar-refractivity contribution < 1.29 is 14.3 Å². The van der Waals surface area contributed by atoms with Gasteiger partial charge in [0.15, 0.2) is 0 Å². The lowest BCUT2D eigenvalue weighted by Gasteiger charge is -2.46. The zero-order chi connectivity index (χ0) is 22.8. The molecule has 2 aliphatic heterocycles. The summed E-state index contributed by atoms with van der Waals surface area (Å²) in [6, 6.07) is 12.9. The SMILES string of the molecule is COc1cccc(NC(=O)N2CCC3(CC2)CC(=O)N(Cc2ccncc2)c2ccnn23)c1. The molecule has 3 amide bonds. The number of methoxy groups -OCH3 is 1. The summed E-state index contributed by atoms with van der Waals surface area (Å²) in [5.74, 6) is 1.57. The summed E-state index contributed by atoms with van der Waals surface area (Å²) in [6.07, 6.45) is 6.92. The Morgan fingerprint density at radius 2 is 1.91 bits per heavy atom. The molecular weight excluding hydrogens is 420 g/mol. The molecule has 0 atom stereocenters. The predicted octanol–water partition coefficient (Wildman–Crippen LogP) is 3.25. The number of nitrogens with one attached hydrogen (secondary N) is 1. The van der Waals surface area contributed by atoms with Crippen LogP contribution in [-0.4, -0.2) is 51.8 Å². The van der Waals surface area contributed by atoms with Gasteiger partial charge in [0.25, 0.3) is 0 Å². The van der Waals surface area contributed by atoms with Gasteiger partial charge in [0.2, 0.25) is 5.91 Å². The van der Waals surface area contributed by atoms with Gasteiger partial charge in [-0.25, -0.2) is 9.48 Å². The van der Waals surface area contributed by atoms with Crippen molar-refractivity contribution in [1.82, 2.24) is 19.7 Å². The topological polar surface area (TPSA) is 92.6 Å². The van der Waals surface area contributed by atoms with Gasteiger partial charge in [0, 0.05) is 43.3 Å². The number of pyridine rings is 1. The van der Waals surface area contributed by atoms with E-state index < -0.39 is 5.54 Å². The number of likely N-dealkylation sites (tertiary alicyclic amines) is 1. The molecule has 3 aromatic rings. The van der Waals surface area contributed by atoms with E-state index in [0.717, 1.165) is 11.4 Å². The summed E-state index contributed by atoms with van der Waals surface area (Å²) in [6.45, 7) is 1.58. The van der Waals surface area contributed by atoms with Crippen molar-refractivity contribution in [2.75, 3.05) is 30.4 Å². The fourth-order valence-corrected chi connectivity index (χ4v) is 4.70. The van der Waals surface area contributed by atoms with Crippen LogP contribution >= 0.6 is 0 Å². The normalized spacial score (nSPS) is 17.1. The van der Waals surface area contributed by atoms with Gasteiger partial charge in [-0.1, -0.05) is 6.07 Å². The lowest BCUT2D eigenvalue weighted by Crippen LogP contribution is -2.55. The highest BCUT2D eigenvalue weighted by atomic mass is 16.5. The highest BCUT2D eigenvalue weighted by Gasteiger charge is 2.46. The Bertz CT molecular complexity index is 1150. The standard InChI is InChI=1S/C24H26N6O3/c1-33-20-4-2-3-19(15-20)27-23(32)28-13-8-24(9-14-28)16-22(31)29(21-7-12-26-30(21)24)17-18-5-10-25-11-6-18/h2-7,10-12,15H,8-9,13-14,16-17H2,1H3,(H,27,32). The van der Waals surface area contributed by atoms with E-state index in [-0.39, 0.29) is 11.9 Å². The predicted molar refractivity (Wildman–Crippen MR) is 123 cm³/mol. The Morgan fingerprint density at radius 3 is 2.67 bits per heavy atom. The zero-order valence-corrected chi connectivity index (χ0v) is 18.5. The van der Waals surface area contributed by atoms with E-state index in [1.54, 1.807) is 41.6 Å². The Balaban J connectivity index is 1.29. The number of fused-ring (bicyclic) bond motifs is 2. The van der Waals surface area contributed by atoms with Crippen LogP contribution in [0, 0.1) is 0 Å². The maximum Gasteiger partial charge on any atom is 0.321 e. The molecule has 4 heterocycles. The number of nitrogens with zero attached hydrogens (tertiary/aromatic N) is 5. The molecule has 1 N–H and O–H groups in total. The van der Waals surface area contributed by atoms with Crippen LogP contribution in [0.3, 0.4) is 0 Å². The van der Waals surface area contributed by atoms with Crippen molar-refractivity contribution in [1.29, 1.82) is 0 Å². The first-order chi connectivity index (χ1) is 16.1. The molecule has 1 spiro atoms. The molecular formula is C24H26N6O3. The average Bonchev–Trinajstić information content (AvgIpc) is 3.34. The summed E-state index contributed by atoms with van der Waals surface area (Å²) in [5.41, 5.74) is 1.30. The second-order valence-electron chi connectivity index (χ2n) is 8.49. The third-order valence-electron chi connectivity index (χ3n) is 6.52. The number of ether oxygens (including phenoxy) is 1. The quantitative estimate of drug-likeness (QED) is 0.664.